The van der Waals surface area contributed by atoms with Gasteiger partial charge in [0.05, 0.1) is 5.69 Å². The zero-order valence-corrected chi connectivity index (χ0v) is 18.1. The van der Waals surface area contributed by atoms with Gasteiger partial charge in [-0.3, -0.25) is 4.79 Å². The van der Waals surface area contributed by atoms with Crippen LogP contribution in [0.3, 0.4) is 0 Å². The van der Waals surface area contributed by atoms with Crippen molar-refractivity contribution in [1.29, 1.82) is 0 Å². The normalized spacial score (nSPS) is 10.8. The Morgan fingerprint density at radius 2 is 1.64 bits per heavy atom. The Bertz CT molecular complexity index is 1410. The molecule has 0 saturated heterocycles. The zero-order valence-electron chi connectivity index (χ0n) is 18.1. The third kappa shape index (κ3) is 4.75. The summed E-state index contributed by atoms with van der Waals surface area (Å²) in [6.45, 7) is 2.48. The van der Waals surface area contributed by atoms with Crippen molar-refractivity contribution in [3.05, 3.63) is 114 Å². The van der Waals surface area contributed by atoms with E-state index in [1.807, 2.05) is 91.9 Å². The number of aryl methyl sites for hydroxylation is 1. The quantitative estimate of drug-likeness (QED) is 0.380. The van der Waals surface area contributed by atoms with Crippen LogP contribution >= 0.6 is 0 Å². The first kappa shape index (κ1) is 20.5. The number of carbonyl (C=O) groups is 1. The summed E-state index contributed by atoms with van der Waals surface area (Å²) in [6, 6.07) is 30.6. The van der Waals surface area contributed by atoms with Crippen molar-refractivity contribution in [2.75, 3.05) is 5.32 Å². The molecule has 5 aromatic rings. The summed E-state index contributed by atoms with van der Waals surface area (Å²) in [5, 5.41) is 12.0. The highest BCUT2D eigenvalue weighted by Gasteiger charge is 2.10. The monoisotopic (exact) mass is 434 g/mol. The smallest absolute Gasteiger partial charge is 0.255 e. The average Bonchev–Trinajstić information content (AvgIpc) is 3.27. The number of amides is 1. The lowest BCUT2D eigenvalue weighted by Crippen LogP contribution is -2.12. The van der Waals surface area contributed by atoms with E-state index >= 15 is 0 Å². The molecule has 0 saturated carbocycles. The molecule has 33 heavy (non-hydrogen) atoms. The molecule has 0 atom stereocenters. The minimum absolute atomic E-state index is 0.217. The lowest BCUT2D eigenvalue weighted by Gasteiger charge is -2.09. The Kier molecular flexibility index (Phi) is 5.55. The van der Waals surface area contributed by atoms with Crippen molar-refractivity contribution in [2.45, 2.75) is 13.5 Å². The number of carbonyl (C=O) groups excluding carboxylic acids is 1. The van der Waals surface area contributed by atoms with E-state index in [1.165, 1.54) is 5.56 Å². The molecule has 0 radical (unpaired) electrons. The predicted molar refractivity (Wildman–Crippen MR) is 129 cm³/mol. The molecule has 0 fully saturated rings. The molecule has 0 spiro atoms. The van der Waals surface area contributed by atoms with Gasteiger partial charge in [-0.1, -0.05) is 54.1 Å². The number of hydrogen-bond acceptors (Lipinski definition) is 4. The van der Waals surface area contributed by atoms with Crippen molar-refractivity contribution in [2.24, 2.45) is 0 Å². The van der Waals surface area contributed by atoms with Crippen LogP contribution in [-0.2, 0) is 6.61 Å². The van der Waals surface area contributed by atoms with Crippen molar-refractivity contribution in [1.82, 2.24) is 15.0 Å². The van der Waals surface area contributed by atoms with Crippen LogP contribution in [0.15, 0.2) is 97.1 Å². The van der Waals surface area contributed by atoms with E-state index in [0.29, 0.717) is 29.1 Å². The van der Waals surface area contributed by atoms with Crippen molar-refractivity contribution in [3.8, 4) is 11.4 Å². The van der Waals surface area contributed by atoms with Crippen LogP contribution < -0.4 is 10.1 Å². The number of rotatable bonds is 6. The highest BCUT2D eigenvalue weighted by Crippen LogP contribution is 2.20. The topological polar surface area (TPSA) is 69.0 Å². The molecule has 4 aromatic carbocycles. The molecule has 1 amide bonds. The Morgan fingerprint density at radius 3 is 2.45 bits per heavy atom. The summed E-state index contributed by atoms with van der Waals surface area (Å²) in [6.07, 6.45) is 0. The number of fused-ring (bicyclic) bond motifs is 1. The van der Waals surface area contributed by atoms with E-state index in [2.05, 4.69) is 15.5 Å². The van der Waals surface area contributed by atoms with Crippen LogP contribution in [0.1, 0.15) is 21.5 Å². The Morgan fingerprint density at radius 1 is 0.848 bits per heavy atom. The van der Waals surface area contributed by atoms with Crippen molar-refractivity contribution in [3.63, 3.8) is 0 Å². The maximum Gasteiger partial charge on any atom is 0.255 e. The zero-order chi connectivity index (χ0) is 22.6. The maximum absolute atomic E-state index is 12.8. The molecule has 5 rings (SSSR count). The molecule has 0 bridgehead atoms. The third-order valence-corrected chi connectivity index (χ3v) is 5.25. The number of aromatic nitrogens is 3. The fourth-order valence-corrected chi connectivity index (χ4v) is 3.46. The van der Waals surface area contributed by atoms with Gasteiger partial charge in [0.15, 0.2) is 0 Å². The Labute approximate surface area is 191 Å². The minimum atomic E-state index is -0.217. The number of benzene rings is 4. The molecule has 1 N–H and O–H groups in total. The van der Waals surface area contributed by atoms with Crippen molar-refractivity contribution >= 4 is 22.6 Å². The van der Waals surface area contributed by atoms with E-state index < -0.39 is 0 Å². The van der Waals surface area contributed by atoms with E-state index in [4.69, 9.17) is 4.74 Å². The SMILES string of the molecule is Cc1ccc(-n2nc3ccc(NC(=O)c4cccc(OCc5ccccc5)c4)cc3n2)cc1. The summed E-state index contributed by atoms with van der Waals surface area (Å²) in [5.74, 6) is 0.424. The van der Waals surface area contributed by atoms with Crippen molar-refractivity contribution < 1.29 is 9.53 Å². The van der Waals surface area contributed by atoms with Gasteiger partial charge < -0.3 is 10.1 Å². The Balaban J connectivity index is 1.30. The van der Waals surface area contributed by atoms with Gasteiger partial charge in [-0.15, -0.1) is 10.2 Å². The number of hydrogen-bond donors (Lipinski definition) is 1. The van der Waals surface area contributed by atoms with Gasteiger partial charge in [0, 0.05) is 11.3 Å². The number of anilines is 1. The lowest BCUT2D eigenvalue weighted by atomic mass is 10.2. The lowest BCUT2D eigenvalue weighted by molar-refractivity contribution is 0.102. The second-order valence-corrected chi connectivity index (χ2v) is 7.78. The maximum atomic E-state index is 12.8. The first-order valence-electron chi connectivity index (χ1n) is 10.7. The van der Waals surface area contributed by atoms with Crippen LogP contribution in [0.2, 0.25) is 0 Å². The summed E-state index contributed by atoms with van der Waals surface area (Å²) < 4.78 is 5.84. The third-order valence-electron chi connectivity index (χ3n) is 5.25. The van der Waals surface area contributed by atoms with Crippen LogP contribution in [0.25, 0.3) is 16.7 Å². The summed E-state index contributed by atoms with van der Waals surface area (Å²) in [4.78, 5) is 14.4. The van der Waals surface area contributed by atoms with Gasteiger partial charge >= 0.3 is 0 Å². The first-order chi connectivity index (χ1) is 16.1. The minimum Gasteiger partial charge on any atom is -0.489 e. The number of nitrogens with zero attached hydrogens (tertiary/aromatic N) is 3. The molecular formula is C27H22N4O2. The van der Waals surface area contributed by atoms with Crippen LogP contribution in [-0.4, -0.2) is 20.9 Å². The summed E-state index contributed by atoms with van der Waals surface area (Å²) >= 11 is 0. The number of nitrogens with one attached hydrogen (secondary N) is 1. The van der Waals surface area contributed by atoms with Crippen LogP contribution in [0.4, 0.5) is 5.69 Å². The second kappa shape index (κ2) is 8.96. The molecule has 0 unspecified atom stereocenters. The fraction of sp³-hybridized carbons (Fsp3) is 0.0741. The number of ether oxygens (including phenoxy) is 1. The largest absolute Gasteiger partial charge is 0.489 e. The molecule has 1 aromatic heterocycles. The van der Waals surface area contributed by atoms with E-state index in [-0.39, 0.29) is 5.91 Å². The van der Waals surface area contributed by atoms with Gasteiger partial charge in [-0.25, -0.2) is 0 Å². The molecule has 0 aliphatic rings. The molecule has 0 aliphatic carbocycles. The van der Waals surface area contributed by atoms with E-state index in [0.717, 1.165) is 16.8 Å². The predicted octanol–water partition coefficient (Wildman–Crippen LogP) is 5.56. The summed E-state index contributed by atoms with van der Waals surface area (Å²) in [7, 11) is 0. The van der Waals surface area contributed by atoms with Gasteiger partial charge in [0.2, 0.25) is 0 Å². The molecule has 6 heteroatoms. The van der Waals surface area contributed by atoms with Crippen LogP contribution in [0.5, 0.6) is 5.75 Å². The van der Waals surface area contributed by atoms with E-state index in [1.54, 1.807) is 16.9 Å². The summed E-state index contributed by atoms with van der Waals surface area (Å²) in [5.41, 5.74) is 5.75. The molecule has 0 aliphatic heterocycles. The first-order valence-corrected chi connectivity index (χ1v) is 10.7. The molecule has 6 nitrogen and oxygen atoms in total. The second-order valence-electron chi connectivity index (χ2n) is 7.78. The van der Waals surface area contributed by atoms with Gasteiger partial charge in [0.1, 0.15) is 23.4 Å². The van der Waals surface area contributed by atoms with Gasteiger partial charge in [-0.05, 0) is 61.0 Å². The molecule has 162 valence electrons. The highest BCUT2D eigenvalue weighted by molar-refractivity contribution is 6.05. The van der Waals surface area contributed by atoms with E-state index in [9.17, 15) is 4.79 Å². The highest BCUT2D eigenvalue weighted by atomic mass is 16.5. The standard InChI is InChI=1S/C27H22N4O2/c1-19-10-13-23(14-11-19)31-29-25-15-12-22(17-26(25)30-31)28-27(32)21-8-5-9-24(16-21)33-18-20-6-3-2-4-7-20/h2-17H,18H2,1H3,(H,28,32). The fourth-order valence-electron chi connectivity index (χ4n) is 3.46. The van der Waals surface area contributed by atoms with Gasteiger partial charge in [-0.2, -0.15) is 4.80 Å². The average molecular weight is 434 g/mol. The molecule has 1 heterocycles. The van der Waals surface area contributed by atoms with Crippen LogP contribution in [0, 0.1) is 6.92 Å². The Hall–Kier alpha value is -4.45. The van der Waals surface area contributed by atoms with Gasteiger partial charge in [0.25, 0.3) is 5.91 Å². The molecular weight excluding hydrogens is 412 g/mol.